The van der Waals surface area contributed by atoms with Gasteiger partial charge in [0.25, 0.3) is 0 Å². The standard InChI is InChI=1S/C10H17N3S/c1-7-6-14-9(12-7)5-8(13-11)10(2)3-4-10/h6,8,13H,3-5,11H2,1-2H3. The van der Waals surface area contributed by atoms with Crippen LogP contribution in [-0.4, -0.2) is 11.0 Å². The molecular formula is C10H17N3S. The van der Waals surface area contributed by atoms with Gasteiger partial charge in [-0.25, -0.2) is 4.98 Å². The van der Waals surface area contributed by atoms with Gasteiger partial charge in [0.1, 0.15) is 0 Å². The molecule has 4 heteroatoms. The normalized spacial score (nSPS) is 20.8. The molecule has 0 saturated heterocycles. The summed E-state index contributed by atoms with van der Waals surface area (Å²) in [6.45, 7) is 4.32. The van der Waals surface area contributed by atoms with Crippen LogP contribution >= 0.6 is 11.3 Å². The average molecular weight is 211 g/mol. The minimum atomic E-state index is 0.382. The fourth-order valence-electron chi connectivity index (χ4n) is 1.72. The van der Waals surface area contributed by atoms with Gasteiger partial charge < -0.3 is 0 Å². The Morgan fingerprint density at radius 1 is 1.71 bits per heavy atom. The lowest BCUT2D eigenvalue weighted by molar-refractivity contribution is 0.359. The van der Waals surface area contributed by atoms with Crippen LogP contribution in [0.15, 0.2) is 5.38 Å². The molecule has 0 aliphatic heterocycles. The van der Waals surface area contributed by atoms with Gasteiger partial charge in [-0.2, -0.15) is 0 Å². The van der Waals surface area contributed by atoms with Crippen LogP contribution in [-0.2, 0) is 6.42 Å². The van der Waals surface area contributed by atoms with E-state index in [-0.39, 0.29) is 0 Å². The summed E-state index contributed by atoms with van der Waals surface area (Å²) in [5.41, 5.74) is 4.45. The number of thiazole rings is 1. The van der Waals surface area contributed by atoms with E-state index in [1.165, 1.54) is 17.8 Å². The third-order valence-electron chi connectivity index (χ3n) is 3.13. The Kier molecular flexibility index (Phi) is 2.60. The highest BCUT2D eigenvalue weighted by Crippen LogP contribution is 2.48. The first-order valence-corrected chi connectivity index (χ1v) is 5.89. The zero-order chi connectivity index (χ0) is 10.2. The van der Waals surface area contributed by atoms with Crippen molar-refractivity contribution in [3.63, 3.8) is 0 Å². The van der Waals surface area contributed by atoms with Crippen molar-refractivity contribution in [3.8, 4) is 0 Å². The summed E-state index contributed by atoms with van der Waals surface area (Å²) in [5.74, 6) is 5.58. The molecule has 0 radical (unpaired) electrons. The minimum Gasteiger partial charge on any atom is -0.271 e. The molecule has 14 heavy (non-hydrogen) atoms. The van der Waals surface area contributed by atoms with Crippen LogP contribution in [0.4, 0.5) is 0 Å². The molecule has 0 bridgehead atoms. The lowest BCUT2D eigenvalue weighted by Crippen LogP contribution is -2.42. The van der Waals surface area contributed by atoms with E-state index < -0.39 is 0 Å². The summed E-state index contributed by atoms with van der Waals surface area (Å²) in [7, 11) is 0. The number of nitrogens with one attached hydrogen (secondary N) is 1. The quantitative estimate of drug-likeness (QED) is 0.588. The maximum Gasteiger partial charge on any atom is 0.0944 e. The fourth-order valence-corrected chi connectivity index (χ4v) is 2.54. The Morgan fingerprint density at radius 2 is 2.43 bits per heavy atom. The van der Waals surface area contributed by atoms with Crippen LogP contribution < -0.4 is 11.3 Å². The molecule has 1 heterocycles. The number of rotatable bonds is 4. The predicted octanol–water partition coefficient (Wildman–Crippen LogP) is 1.63. The molecule has 3 nitrogen and oxygen atoms in total. The van der Waals surface area contributed by atoms with Gasteiger partial charge in [-0.1, -0.05) is 6.92 Å². The predicted molar refractivity (Wildman–Crippen MR) is 59.0 cm³/mol. The number of hydrazine groups is 1. The van der Waals surface area contributed by atoms with Crippen molar-refractivity contribution in [1.82, 2.24) is 10.4 Å². The molecule has 1 aromatic heterocycles. The number of nitrogens with two attached hydrogens (primary N) is 1. The second-order valence-corrected chi connectivity index (χ2v) is 5.40. The molecule has 1 aromatic rings. The molecular weight excluding hydrogens is 194 g/mol. The van der Waals surface area contributed by atoms with Crippen molar-refractivity contribution in [1.29, 1.82) is 0 Å². The molecule has 1 saturated carbocycles. The van der Waals surface area contributed by atoms with Crippen molar-refractivity contribution in [3.05, 3.63) is 16.1 Å². The lowest BCUT2D eigenvalue weighted by Gasteiger charge is -2.21. The third-order valence-corrected chi connectivity index (χ3v) is 4.12. The second-order valence-electron chi connectivity index (χ2n) is 4.46. The largest absolute Gasteiger partial charge is 0.271 e. The molecule has 1 aliphatic carbocycles. The summed E-state index contributed by atoms with van der Waals surface area (Å²) in [4.78, 5) is 4.46. The van der Waals surface area contributed by atoms with Gasteiger partial charge in [-0.3, -0.25) is 11.3 Å². The third kappa shape index (κ3) is 1.97. The molecule has 1 fully saturated rings. The van der Waals surface area contributed by atoms with E-state index in [0.717, 1.165) is 12.1 Å². The summed E-state index contributed by atoms with van der Waals surface area (Å²) in [6, 6.07) is 0.382. The van der Waals surface area contributed by atoms with Gasteiger partial charge in [-0.15, -0.1) is 11.3 Å². The Labute approximate surface area is 88.7 Å². The van der Waals surface area contributed by atoms with Gasteiger partial charge >= 0.3 is 0 Å². The van der Waals surface area contributed by atoms with Crippen molar-refractivity contribution in [2.45, 2.75) is 39.2 Å². The molecule has 2 rings (SSSR count). The maximum atomic E-state index is 5.58. The SMILES string of the molecule is Cc1csc(CC(NN)C2(C)CC2)n1. The fraction of sp³-hybridized carbons (Fsp3) is 0.700. The molecule has 1 aliphatic rings. The van der Waals surface area contributed by atoms with Crippen LogP contribution in [0.3, 0.4) is 0 Å². The minimum absolute atomic E-state index is 0.382. The van der Waals surface area contributed by atoms with Gasteiger partial charge in [0.2, 0.25) is 0 Å². The molecule has 1 unspecified atom stereocenters. The van der Waals surface area contributed by atoms with Gasteiger partial charge in [0.05, 0.1) is 5.01 Å². The first kappa shape index (κ1) is 10.1. The first-order chi connectivity index (χ1) is 6.64. The molecule has 0 spiro atoms. The number of aryl methyl sites for hydroxylation is 1. The summed E-state index contributed by atoms with van der Waals surface area (Å²) in [5, 5.41) is 3.29. The van der Waals surface area contributed by atoms with E-state index in [1.807, 2.05) is 6.92 Å². The summed E-state index contributed by atoms with van der Waals surface area (Å²) >= 11 is 1.73. The molecule has 1 atom stereocenters. The van der Waals surface area contributed by atoms with E-state index in [2.05, 4.69) is 22.7 Å². The highest BCUT2D eigenvalue weighted by Gasteiger charge is 2.44. The number of hydrogen-bond donors (Lipinski definition) is 2. The lowest BCUT2D eigenvalue weighted by atomic mass is 9.97. The van der Waals surface area contributed by atoms with Crippen LogP contribution in [0.1, 0.15) is 30.5 Å². The first-order valence-electron chi connectivity index (χ1n) is 5.01. The Morgan fingerprint density at radius 3 is 2.86 bits per heavy atom. The number of hydrogen-bond acceptors (Lipinski definition) is 4. The van der Waals surface area contributed by atoms with Crippen molar-refractivity contribution in [2.75, 3.05) is 0 Å². The van der Waals surface area contributed by atoms with Crippen molar-refractivity contribution >= 4 is 11.3 Å². The maximum absolute atomic E-state index is 5.58. The molecule has 0 aromatic carbocycles. The molecule has 78 valence electrons. The second kappa shape index (κ2) is 3.61. The Hall–Kier alpha value is -0.450. The van der Waals surface area contributed by atoms with Crippen LogP contribution in [0.2, 0.25) is 0 Å². The highest BCUT2D eigenvalue weighted by molar-refractivity contribution is 7.09. The molecule has 0 amide bonds. The van der Waals surface area contributed by atoms with Gasteiger partial charge in [-0.05, 0) is 25.2 Å². The van der Waals surface area contributed by atoms with Gasteiger partial charge in [0.15, 0.2) is 0 Å². The van der Waals surface area contributed by atoms with E-state index >= 15 is 0 Å². The molecule has 3 N–H and O–H groups in total. The van der Waals surface area contributed by atoms with E-state index in [0.29, 0.717) is 11.5 Å². The van der Waals surface area contributed by atoms with E-state index in [9.17, 15) is 0 Å². The van der Waals surface area contributed by atoms with E-state index in [1.54, 1.807) is 11.3 Å². The monoisotopic (exact) mass is 211 g/mol. The summed E-state index contributed by atoms with van der Waals surface area (Å²) in [6.07, 6.45) is 3.53. The van der Waals surface area contributed by atoms with Crippen LogP contribution in [0.25, 0.3) is 0 Å². The summed E-state index contributed by atoms with van der Waals surface area (Å²) < 4.78 is 0. The van der Waals surface area contributed by atoms with Crippen LogP contribution in [0.5, 0.6) is 0 Å². The highest BCUT2D eigenvalue weighted by atomic mass is 32.1. The Balaban J connectivity index is 2.01. The van der Waals surface area contributed by atoms with Gasteiger partial charge in [0, 0.05) is 23.5 Å². The number of aromatic nitrogens is 1. The topological polar surface area (TPSA) is 50.9 Å². The smallest absolute Gasteiger partial charge is 0.0944 e. The Bertz CT molecular complexity index is 317. The number of nitrogens with zero attached hydrogens (tertiary/aromatic N) is 1. The van der Waals surface area contributed by atoms with Crippen LogP contribution in [0, 0.1) is 12.3 Å². The zero-order valence-electron chi connectivity index (χ0n) is 8.71. The van der Waals surface area contributed by atoms with Crippen molar-refractivity contribution in [2.24, 2.45) is 11.3 Å². The average Bonchev–Trinajstić information content (AvgIpc) is 2.76. The zero-order valence-corrected chi connectivity index (χ0v) is 9.53. The van der Waals surface area contributed by atoms with Crippen molar-refractivity contribution < 1.29 is 0 Å². The van der Waals surface area contributed by atoms with E-state index in [4.69, 9.17) is 5.84 Å².